The number of hydrogen-bond donors (Lipinski definition) is 0. The highest BCUT2D eigenvalue weighted by atomic mass is 15.1. The molecule has 53 heavy (non-hydrogen) atoms. The summed E-state index contributed by atoms with van der Waals surface area (Å²) >= 11 is 0. The van der Waals surface area contributed by atoms with Crippen LogP contribution in [-0.4, -0.2) is 18.7 Å². The third kappa shape index (κ3) is 4.59. The van der Waals surface area contributed by atoms with Crippen molar-refractivity contribution in [2.75, 3.05) is 0 Å². The van der Waals surface area contributed by atoms with Gasteiger partial charge in [0.1, 0.15) is 5.82 Å². The molecule has 0 aliphatic rings. The molecule has 11 rings (SSSR count). The summed E-state index contributed by atoms with van der Waals surface area (Å²) in [5.41, 5.74) is 13.4. The Kier molecular flexibility index (Phi) is 6.52. The van der Waals surface area contributed by atoms with Crippen LogP contribution in [-0.2, 0) is 0 Å². The number of rotatable bonds is 5. The van der Waals surface area contributed by atoms with Gasteiger partial charge in [-0.2, -0.15) is 0 Å². The van der Waals surface area contributed by atoms with Gasteiger partial charge in [0, 0.05) is 44.2 Å². The van der Waals surface area contributed by atoms with Crippen molar-refractivity contribution in [3.05, 3.63) is 194 Å². The van der Waals surface area contributed by atoms with Gasteiger partial charge < -0.3 is 9.13 Å². The zero-order chi connectivity index (χ0) is 34.9. The van der Waals surface area contributed by atoms with Crippen molar-refractivity contribution in [2.24, 2.45) is 0 Å². The van der Waals surface area contributed by atoms with E-state index in [0.717, 1.165) is 50.6 Å². The lowest BCUT2D eigenvalue weighted by molar-refractivity contribution is 1.10. The van der Waals surface area contributed by atoms with Crippen molar-refractivity contribution in [2.45, 2.75) is 0 Å². The molecule has 0 spiro atoms. The second kappa shape index (κ2) is 11.7. The number of nitrogens with zero attached hydrogens (tertiary/aromatic N) is 4. The molecule has 11 aromatic rings. The molecule has 248 valence electrons. The summed E-state index contributed by atoms with van der Waals surface area (Å²) in [4.78, 5) is 5.32. The number of para-hydroxylation sites is 7. The van der Waals surface area contributed by atoms with Crippen molar-refractivity contribution >= 4 is 54.6 Å². The monoisotopic (exact) mass is 676 g/mol. The van der Waals surface area contributed by atoms with Gasteiger partial charge in [0.2, 0.25) is 0 Å². The van der Waals surface area contributed by atoms with Crippen LogP contribution in [0.3, 0.4) is 0 Å². The van der Waals surface area contributed by atoms with Crippen molar-refractivity contribution < 1.29 is 0 Å². The highest BCUT2D eigenvalue weighted by molar-refractivity contribution is 6.11. The lowest BCUT2D eigenvalue weighted by Gasteiger charge is -2.15. The van der Waals surface area contributed by atoms with Gasteiger partial charge in [-0.25, -0.2) is 4.98 Å². The quantitative estimate of drug-likeness (QED) is 0.178. The minimum atomic E-state index is 0.906. The number of hydrogen-bond acceptors (Lipinski definition) is 1. The first-order valence-corrected chi connectivity index (χ1v) is 18.1. The van der Waals surface area contributed by atoms with Gasteiger partial charge in [0.15, 0.2) is 0 Å². The van der Waals surface area contributed by atoms with Crippen LogP contribution in [0.4, 0.5) is 0 Å². The van der Waals surface area contributed by atoms with E-state index in [0.29, 0.717) is 0 Å². The van der Waals surface area contributed by atoms with E-state index in [1.807, 2.05) is 0 Å². The van der Waals surface area contributed by atoms with Gasteiger partial charge in [-0.1, -0.05) is 109 Å². The highest BCUT2D eigenvalue weighted by Gasteiger charge is 2.20. The Labute approximate surface area is 306 Å². The molecule has 0 N–H and O–H groups in total. The standard InChI is InChI=1S/C49H32N4/c1-3-15-36(16-4-1)51-46-25-13-9-21-41(46)42-32-33(27-28-47(42)51)34-29-35(49-50-43-22-10-14-26-48(43)53(49)37-17-5-2-6-18-37)31-38(30-34)52-44-23-11-7-19-39(44)40-20-8-12-24-45(40)52/h1-32H. The lowest BCUT2D eigenvalue weighted by Crippen LogP contribution is -2.00. The highest BCUT2D eigenvalue weighted by Crippen LogP contribution is 2.40. The maximum Gasteiger partial charge on any atom is 0.145 e. The molecule has 0 amide bonds. The number of imidazole rings is 1. The average Bonchev–Trinajstić information content (AvgIpc) is 3.89. The Hall–Kier alpha value is -7.17. The zero-order valence-corrected chi connectivity index (χ0v) is 28.8. The summed E-state index contributed by atoms with van der Waals surface area (Å²) in [6.45, 7) is 0. The van der Waals surface area contributed by atoms with Crippen molar-refractivity contribution in [1.29, 1.82) is 0 Å². The molecular formula is C49H32N4. The van der Waals surface area contributed by atoms with E-state index in [1.54, 1.807) is 0 Å². The normalized spacial score (nSPS) is 11.8. The molecule has 0 bridgehead atoms. The van der Waals surface area contributed by atoms with Gasteiger partial charge in [-0.05, 0) is 96.1 Å². The van der Waals surface area contributed by atoms with E-state index >= 15 is 0 Å². The van der Waals surface area contributed by atoms with Gasteiger partial charge in [-0.15, -0.1) is 0 Å². The first-order valence-electron chi connectivity index (χ1n) is 18.1. The van der Waals surface area contributed by atoms with Gasteiger partial charge in [0.25, 0.3) is 0 Å². The lowest BCUT2D eigenvalue weighted by atomic mass is 9.99. The number of benzene rings is 8. The maximum atomic E-state index is 5.32. The molecule has 0 atom stereocenters. The molecule has 0 fully saturated rings. The molecule has 0 unspecified atom stereocenters. The molecule has 0 saturated heterocycles. The van der Waals surface area contributed by atoms with Gasteiger partial charge in [-0.3, -0.25) is 4.57 Å². The van der Waals surface area contributed by atoms with Crippen LogP contribution >= 0.6 is 0 Å². The Morgan fingerprint density at radius 3 is 1.40 bits per heavy atom. The predicted octanol–water partition coefficient (Wildman–Crippen LogP) is 12.6. The van der Waals surface area contributed by atoms with Crippen LogP contribution in [0.2, 0.25) is 0 Å². The van der Waals surface area contributed by atoms with Crippen LogP contribution in [0.15, 0.2) is 194 Å². The first-order chi connectivity index (χ1) is 26.3. The summed E-state index contributed by atoms with van der Waals surface area (Å²) in [6, 6.07) is 69.7. The van der Waals surface area contributed by atoms with Crippen LogP contribution in [0.1, 0.15) is 0 Å². The Morgan fingerprint density at radius 2 is 0.755 bits per heavy atom. The fourth-order valence-electron chi connectivity index (χ4n) is 8.30. The second-order valence-electron chi connectivity index (χ2n) is 13.7. The maximum absolute atomic E-state index is 5.32. The molecule has 4 nitrogen and oxygen atoms in total. The van der Waals surface area contributed by atoms with Crippen molar-refractivity contribution in [3.63, 3.8) is 0 Å². The number of fused-ring (bicyclic) bond motifs is 7. The summed E-state index contributed by atoms with van der Waals surface area (Å²) in [6.07, 6.45) is 0. The van der Waals surface area contributed by atoms with E-state index in [9.17, 15) is 0 Å². The van der Waals surface area contributed by atoms with Crippen molar-refractivity contribution in [1.82, 2.24) is 18.7 Å². The molecule has 0 saturated carbocycles. The largest absolute Gasteiger partial charge is 0.309 e. The smallest absolute Gasteiger partial charge is 0.145 e. The number of aromatic nitrogens is 4. The van der Waals surface area contributed by atoms with Gasteiger partial charge in [0.05, 0.1) is 33.1 Å². The minimum Gasteiger partial charge on any atom is -0.309 e. The third-order valence-electron chi connectivity index (χ3n) is 10.6. The fraction of sp³-hybridized carbons (Fsp3) is 0. The summed E-state index contributed by atoms with van der Waals surface area (Å²) in [5, 5.41) is 4.93. The van der Waals surface area contributed by atoms with Crippen LogP contribution in [0, 0.1) is 0 Å². The van der Waals surface area contributed by atoms with Crippen LogP contribution < -0.4 is 0 Å². The third-order valence-corrected chi connectivity index (χ3v) is 10.6. The molecule has 3 aromatic heterocycles. The Balaban J connectivity index is 1.22. The molecule has 4 heteroatoms. The second-order valence-corrected chi connectivity index (χ2v) is 13.7. The first kappa shape index (κ1) is 29.5. The van der Waals surface area contributed by atoms with Crippen LogP contribution in [0.5, 0.6) is 0 Å². The molecule has 0 radical (unpaired) electrons. The Bertz CT molecular complexity index is 3110. The summed E-state index contributed by atoms with van der Waals surface area (Å²) in [7, 11) is 0. The Morgan fingerprint density at radius 1 is 0.283 bits per heavy atom. The van der Waals surface area contributed by atoms with E-state index in [1.165, 1.54) is 43.6 Å². The van der Waals surface area contributed by atoms with Crippen LogP contribution in [0.25, 0.3) is 94.2 Å². The summed E-state index contributed by atoms with van der Waals surface area (Å²) in [5.74, 6) is 0.906. The molecule has 3 heterocycles. The SMILES string of the molecule is c1ccc(-n2c(-c3cc(-c4ccc5c(c4)c4ccccc4n5-c4ccccc4)cc(-n4c5ccccc5c5ccccc54)c3)nc3ccccc32)cc1. The molecule has 8 aromatic carbocycles. The average molecular weight is 677 g/mol. The van der Waals surface area contributed by atoms with Gasteiger partial charge >= 0.3 is 0 Å². The fourth-order valence-corrected chi connectivity index (χ4v) is 8.30. The van der Waals surface area contributed by atoms with Crippen molar-refractivity contribution in [3.8, 4) is 39.6 Å². The summed E-state index contributed by atoms with van der Waals surface area (Å²) < 4.78 is 7.07. The van der Waals surface area contributed by atoms with E-state index in [-0.39, 0.29) is 0 Å². The topological polar surface area (TPSA) is 27.7 Å². The molecule has 0 aliphatic carbocycles. The van der Waals surface area contributed by atoms with E-state index in [2.05, 4.69) is 208 Å². The molecular weight excluding hydrogens is 645 g/mol. The predicted molar refractivity (Wildman–Crippen MR) is 221 cm³/mol. The molecule has 0 aliphatic heterocycles. The van der Waals surface area contributed by atoms with E-state index in [4.69, 9.17) is 4.98 Å². The minimum absolute atomic E-state index is 0.906. The van der Waals surface area contributed by atoms with E-state index < -0.39 is 0 Å². The zero-order valence-electron chi connectivity index (χ0n) is 28.8.